The van der Waals surface area contributed by atoms with Gasteiger partial charge in [-0.25, -0.2) is 0 Å². The second-order valence-electron chi connectivity index (χ2n) is 3.40. The predicted molar refractivity (Wildman–Crippen MR) is 74.3 cm³/mol. The molecule has 0 radical (unpaired) electrons. The van der Waals surface area contributed by atoms with E-state index in [9.17, 15) is 5.11 Å². The van der Waals surface area contributed by atoms with Gasteiger partial charge in [0, 0.05) is 3.57 Å². The summed E-state index contributed by atoms with van der Waals surface area (Å²) in [5.74, 6) is 0. The Kier molecular flexibility index (Phi) is 7.52. The largest absolute Gasteiger partial charge is 0.391 e. The van der Waals surface area contributed by atoms with Crippen LogP contribution in [0.5, 0.6) is 0 Å². The molecule has 4 heteroatoms. The Labute approximate surface area is 111 Å². The van der Waals surface area contributed by atoms with Crippen molar-refractivity contribution >= 4 is 35.0 Å². The number of halogens is 2. The predicted octanol–water partition coefficient (Wildman–Crippen LogP) is 2.87. The van der Waals surface area contributed by atoms with Crippen molar-refractivity contribution in [3.05, 3.63) is 33.4 Å². The van der Waals surface area contributed by atoms with Crippen LogP contribution in [0.3, 0.4) is 0 Å². The number of rotatable bonds is 4. The van der Waals surface area contributed by atoms with E-state index in [1.807, 2.05) is 31.2 Å². The van der Waals surface area contributed by atoms with Crippen LogP contribution in [0.1, 0.15) is 31.4 Å². The molecule has 0 aliphatic heterocycles. The minimum absolute atomic E-state index is 0. The third kappa shape index (κ3) is 4.26. The van der Waals surface area contributed by atoms with Gasteiger partial charge in [0.2, 0.25) is 0 Å². The fraction of sp³-hybridized carbons (Fsp3) is 0.455. The van der Waals surface area contributed by atoms with E-state index in [0.717, 1.165) is 22.0 Å². The third-order valence-electron chi connectivity index (χ3n) is 2.26. The average Bonchev–Trinajstić information content (AvgIpc) is 2.18. The molecule has 0 aromatic heterocycles. The van der Waals surface area contributed by atoms with Crippen LogP contribution < -0.4 is 5.73 Å². The molecule has 1 aromatic carbocycles. The Morgan fingerprint density at radius 3 is 2.53 bits per heavy atom. The maximum atomic E-state index is 9.77. The average molecular weight is 342 g/mol. The molecule has 1 aromatic rings. The molecule has 0 spiro atoms. The quantitative estimate of drug-likeness (QED) is 0.827. The molecular weight excluding hydrogens is 324 g/mol. The Balaban J connectivity index is 0.00000196. The summed E-state index contributed by atoms with van der Waals surface area (Å²) in [5, 5.41) is 9.77. The van der Waals surface area contributed by atoms with Crippen LogP contribution in [0.4, 0.5) is 0 Å². The van der Waals surface area contributed by atoms with Crippen molar-refractivity contribution in [3.63, 3.8) is 0 Å². The van der Waals surface area contributed by atoms with Crippen molar-refractivity contribution < 1.29 is 5.11 Å². The van der Waals surface area contributed by atoms with E-state index in [-0.39, 0.29) is 18.4 Å². The number of hydrogen-bond donors (Lipinski definition) is 2. The molecule has 2 atom stereocenters. The molecule has 0 saturated carbocycles. The summed E-state index contributed by atoms with van der Waals surface area (Å²) < 4.78 is 1.12. The first-order valence-electron chi connectivity index (χ1n) is 4.85. The van der Waals surface area contributed by atoms with Gasteiger partial charge in [-0.15, -0.1) is 12.4 Å². The first kappa shape index (κ1) is 15.2. The molecule has 0 aliphatic rings. The van der Waals surface area contributed by atoms with Crippen LogP contribution in [-0.2, 0) is 0 Å². The first-order valence-corrected chi connectivity index (χ1v) is 5.92. The van der Waals surface area contributed by atoms with E-state index in [2.05, 4.69) is 22.6 Å². The maximum absolute atomic E-state index is 9.77. The smallest absolute Gasteiger partial charge is 0.0733 e. The van der Waals surface area contributed by atoms with Crippen LogP contribution in [0.2, 0.25) is 0 Å². The van der Waals surface area contributed by atoms with Gasteiger partial charge in [0.1, 0.15) is 0 Å². The van der Waals surface area contributed by atoms with E-state index < -0.39 is 6.10 Å². The van der Waals surface area contributed by atoms with Gasteiger partial charge in [0.05, 0.1) is 12.1 Å². The summed E-state index contributed by atoms with van der Waals surface area (Å²) in [6.45, 7) is 2.05. The van der Waals surface area contributed by atoms with Crippen LogP contribution in [0.25, 0.3) is 0 Å². The summed E-state index contributed by atoms with van der Waals surface area (Å²) >= 11 is 2.25. The molecule has 15 heavy (non-hydrogen) atoms. The van der Waals surface area contributed by atoms with Crippen molar-refractivity contribution in [2.24, 2.45) is 5.73 Å². The summed E-state index contributed by atoms with van der Waals surface area (Å²) in [4.78, 5) is 0. The lowest BCUT2D eigenvalue weighted by atomic mass is 9.99. The Morgan fingerprint density at radius 2 is 2.00 bits per heavy atom. The zero-order chi connectivity index (χ0) is 10.6. The fourth-order valence-electron chi connectivity index (χ4n) is 1.43. The van der Waals surface area contributed by atoms with Gasteiger partial charge in [-0.2, -0.15) is 0 Å². The second-order valence-corrected chi connectivity index (χ2v) is 4.57. The number of aliphatic hydroxyl groups is 1. The lowest BCUT2D eigenvalue weighted by Gasteiger charge is -2.19. The third-order valence-corrected chi connectivity index (χ3v) is 3.25. The highest BCUT2D eigenvalue weighted by atomic mass is 127. The van der Waals surface area contributed by atoms with Crippen LogP contribution in [0, 0.1) is 3.57 Å². The van der Waals surface area contributed by atoms with Crippen LogP contribution in [-0.4, -0.2) is 11.2 Å². The van der Waals surface area contributed by atoms with E-state index >= 15 is 0 Å². The van der Waals surface area contributed by atoms with Crippen molar-refractivity contribution in [3.8, 4) is 0 Å². The molecule has 0 amide bonds. The molecule has 0 bridgehead atoms. The van der Waals surface area contributed by atoms with Crippen molar-refractivity contribution in [1.82, 2.24) is 0 Å². The zero-order valence-electron chi connectivity index (χ0n) is 8.69. The molecule has 0 fully saturated rings. The fourth-order valence-corrected chi connectivity index (χ4v) is 2.17. The monoisotopic (exact) mass is 341 g/mol. The van der Waals surface area contributed by atoms with Gasteiger partial charge in [-0.05, 0) is 40.6 Å². The van der Waals surface area contributed by atoms with Gasteiger partial charge >= 0.3 is 0 Å². The Morgan fingerprint density at radius 1 is 1.40 bits per heavy atom. The molecule has 0 aliphatic carbocycles. The van der Waals surface area contributed by atoms with E-state index in [1.54, 1.807) is 0 Å². The molecule has 0 saturated heterocycles. The number of hydrogen-bond acceptors (Lipinski definition) is 2. The molecule has 0 heterocycles. The minimum Gasteiger partial charge on any atom is -0.391 e. The van der Waals surface area contributed by atoms with Gasteiger partial charge in [-0.1, -0.05) is 31.5 Å². The van der Waals surface area contributed by atoms with Crippen molar-refractivity contribution in [2.75, 3.05) is 0 Å². The van der Waals surface area contributed by atoms with Crippen molar-refractivity contribution in [2.45, 2.75) is 31.9 Å². The van der Waals surface area contributed by atoms with Crippen molar-refractivity contribution in [1.29, 1.82) is 0 Å². The Hall–Kier alpha value is 0.160. The minimum atomic E-state index is -0.434. The summed E-state index contributed by atoms with van der Waals surface area (Å²) in [5.41, 5.74) is 7.01. The van der Waals surface area contributed by atoms with E-state index in [4.69, 9.17) is 5.73 Å². The van der Waals surface area contributed by atoms with Gasteiger partial charge < -0.3 is 10.8 Å². The highest BCUT2D eigenvalue weighted by Crippen LogP contribution is 2.22. The summed E-state index contributed by atoms with van der Waals surface area (Å²) in [7, 11) is 0. The lowest BCUT2D eigenvalue weighted by Crippen LogP contribution is -2.26. The van der Waals surface area contributed by atoms with Gasteiger partial charge in [-0.3, -0.25) is 0 Å². The van der Waals surface area contributed by atoms with E-state index in [0.29, 0.717) is 0 Å². The second kappa shape index (κ2) is 7.44. The number of aliphatic hydroxyl groups excluding tert-OH is 1. The SMILES string of the molecule is CCC[C@H](O)[C@H](N)c1ccccc1I.Cl. The number of benzene rings is 1. The molecule has 0 unspecified atom stereocenters. The molecule has 3 N–H and O–H groups in total. The maximum Gasteiger partial charge on any atom is 0.0733 e. The van der Waals surface area contributed by atoms with Crippen LogP contribution in [0.15, 0.2) is 24.3 Å². The summed E-state index contributed by atoms with van der Waals surface area (Å²) in [6, 6.07) is 7.66. The topological polar surface area (TPSA) is 46.2 Å². The van der Waals surface area contributed by atoms with Gasteiger partial charge in [0.15, 0.2) is 0 Å². The lowest BCUT2D eigenvalue weighted by molar-refractivity contribution is 0.134. The highest BCUT2D eigenvalue weighted by molar-refractivity contribution is 14.1. The van der Waals surface area contributed by atoms with Crippen LogP contribution >= 0.6 is 35.0 Å². The van der Waals surface area contributed by atoms with E-state index in [1.165, 1.54) is 0 Å². The first-order chi connectivity index (χ1) is 6.66. The summed E-state index contributed by atoms with van der Waals surface area (Å²) in [6.07, 6.45) is 1.28. The normalized spacial score (nSPS) is 14.1. The Bertz CT molecular complexity index is 296. The number of nitrogens with two attached hydrogens (primary N) is 1. The van der Waals surface area contributed by atoms with Gasteiger partial charge in [0.25, 0.3) is 0 Å². The molecule has 1 rings (SSSR count). The molecular formula is C11H17ClINO. The molecule has 86 valence electrons. The highest BCUT2D eigenvalue weighted by Gasteiger charge is 2.17. The molecule has 2 nitrogen and oxygen atoms in total. The zero-order valence-corrected chi connectivity index (χ0v) is 11.7. The standard InChI is InChI=1S/C11H16INO.ClH/c1-2-5-10(14)11(13)8-6-3-4-7-9(8)12;/h3-4,6-7,10-11,14H,2,5,13H2,1H3;1H/t10-,11+;/m0./s1.